The van der Waals surface area contributed by atoms with Crippen LogP contribution in [0.25, 0.3) is 10.9 Å². The zero-order chi connectivity index (χ0) is 17.1. The fourth-order valence-electron chi connectivity index (χ4n) is 4.54. The Morgan fingerprint density at radius 1 is 1.00 bits per heavy atom. The molecule has 6 heteroatoms. The van der Waals surface area contributed by atoms with Gasteiger partial charge in [-0.25, -0.2) is 0 Å². The van der Waals surface area contributed by atoms with Crippen molar-refractivity contribution >= 4 is 35.7 Å². The molecule has 0 N–H and O–H groups in total. The first-order valence-corrected chi connectivity index (χ1v) is 9.93. The van der Waals surface area contributed by atoms with Gasteiger partial charge in [-0.05, 0) is 63.0 Å². The van der Waals surface area contributed by atoms with Crippen molar-refractivity contribution in [2.24, 2.45) is 0 Å². The van der Waals surface area contributed by atoms with Crippen LogP contribution in [0.15, 0.2) is 30.5 Å². The number of methoxy groups -OCH3 is 1. The van der Waals surface area contributed by atoms with E-state index in [0.29, 0.717) is 0 Å². The number of hydrogen-bond donors (Lipinski definition) is 0. The minimum atomic E-state index is 0. The van der Waals surface area contributed by atoms with Crippen LogP contribution in [0.5, 0.6) is 5.75 Å². The van der Waals surface area contributed by atoms with Crippen molar-refractivity contribution in [3.63, 3.8) is 0 Å². The van der Waals surface area contributed by atoms with Crippen molar-refractivity contribution < 1.29 is 4.74 Å². The predicted molar refractivity (Wildman–Crippen MR) is 118 cm³/mol. The lowest BCUT2D eigenvalue weighted by Crippen LogP contribution is -2.54. The van der Waals surface area contributed by atoms with Crippen LogP contribution in [0.3, 0.4) is 0 Å². The maximum Gasteiger partial charge on any atom is 0.119 e. The highest BCUT2D eigenvalue weighted by Crippen LogP contribution is 2.23. The summed E-state index contributed by atoms with van der Waals surface area (Å²) >= 11 is 0. The van der Waals surface area contributed by atoms with E-state index in [9.17, 15) is 0 Å². The number of unbranched alkanes of at least 4 members (excludes halogenated alkanes) is 1. The Labute approximate surface area is 175 Å². The first-order chi connectivity index (χ1) is 12.3. The number of nitrogens with zero attached hydrogens (tertiary/aromatic N) is 3. The molecule has 3 heterocycles. The van der Waals surface area contributed by atoms with Gasteiger partial charge in [0.25, 0.3) is 0 Å². The van der Waals surface area contributed by atoms with Crippen molar-refractivity contribution in [1.29, 1.82) is 0 Å². The summed E-state index contributed by atoms with van der Waals surface area (Å²) in [5.41, 5.74) is 1.32. The van der Waals surface area contributed by atoms with Gasteiger partial charge in [-0.2, -0.15) is 0 Å². The normalized spacial score (nSPS) is 20.6. The summed E-state index contributed by atoms with van der Waals surface area (Å²) in [7, 11) is 1.73. The molecule has 0 amide bonds. The smallest absolute Gasteiger partial charge is 0.119 e. The topological polar surface area (TPSA) is 20.6 Å². The van der Waals surface area contributed by atoms with Crippen molar-refractivity contribution in [2.75, 3.05) is 39.8 Å². The quantitative estimate of drug-likeness (QED) is 0.652. The molecule has 2 saturated heterocycles. The summed E-state index contributed by atoms with van der Waals surface area (Å²) in [5.74, 6) is 0.937. The molecule has 1 unspecified atom stereocenters. The molecule has 2 fully saturated rings. The standard InChI is InChI=1S/C21H31N3O.2ClH/c1-25-20-7-8-21-18(16-20)9-13-24(21)12-5-4-10-22-14-15-23-11-3-2-6-19(23)17-22;;/h7-9,13,16,19H,2-6,10-12,14-15,17H2,1H3;2*1H. The van der Waals surface area contributed by atoms with E-state index >= 15 is 0 Å². The number of rotatable bonds is 6. The van der Waals surface area contributed by atoms with Crippen molar-refractivity contribution in [3.8, 4) is 5.75 Å². The van der Waals surface area contributed by atoms with Crippen LogP contribution in [-0.2, 0) is 6.54 Å². The molecule has 1 aromatic carbocycles. The summed E-state index contributed by atoms with van der Waals surface area (Å²) in [6, 6.07) is 9.39. The Morgan fingerprint density at radius 2 is 1.85 bits per heavy atom. The summed E-state index contributed by atoms with van der Waals surface area (Å²) in [4.78, 5) is 5.42. The van der Waals surface area contributed by atoms with Crippen LogP contribution in [0.2, 0.25) is 0 Å². The van der Waals surface area contributed by atoms with E-state index in [4.69, 9.17) is 4.74 Å². The summed E-state index contributed by atoms with van der Waals surface area (Å²) in [6.07, 6.45) is 9.01. The number of piperazine rings is 1. The minimum Gasteiger partial charge on any atom is -0.497 e. The van der Waals surface area contributed by atoms with E-state index in [-0.39, 0.29) is 24.8 Å². The highest BCUT2D eigenvalue weighted by atomic mass is 35.5. The molecule has 1 aromatic heterocycles. The van der Waals surface area contributed by atoms with Crippen LogP contribution in [0, 0.1) is 0 Å². The molecule has 4 rings (SSSR count). The lowest BCUT2D eigenvalue weighted by molar-refractivity contribution is 0.0486. The number of fused-ring (bicyclic) bond motifs is 2. The molecule has 0 aliphatic carbocycles. The molecule has 0 spiro atoms. The van der Waals surface area contributed by atoms with Crippen LogP contribution in [0.1, 0.15) is 32.1 Å². The minimum absolute atomic E-state index is 0. The van der Waals surface area contributed by atoms with Crippen LogP contribution in [-0.4, -0.2) is 60.2 Å². The monoisotopic (exact) mass is 413 g/mol. The van der Waals surface area contributed by atoms with Gasteiger partial charge in [-0.1, -0.05) is 6.42 Å². The number of ether oxygens (including phenoxy) is 1. The SMILES string of the molecule is COc1ccc2c(ccn2CCCCN2CCN3CCCCC3C2)c1.Cl.Cl. The highest BCUT2D eigenvalue weighted by Gasteiger charge is 2.28. The first-order valence-electron chi connectivity index (χ1n) is 9.93. The second-order valence-electron chi connectivity index (χ2n) is 7.63. The van der Waals surface area contributed by atoms with Crippen LogP contribution >= 0.6 is 24.8 Å². The number of piperidine rings is 1. The van der Waals surface area contributed by atoms with Crippen molar-refractivity contribution in [2.45, 2.75) is 44.7 Å². The van der Waals surface area contributed by atoms with Gasteiger partial charge in [0.05, 0.1) is 7.11 Å². The fourth-order valence-corrected chi connectivity index (χ4v) is 4.54. The van der Waals surface area contributed by atoms with Gasteiger partial charge in [0.2, 0.25) is 0 Å². The van der Waals surface area contributed by atoms with Gasteiger partial charge in [0, 0.05) is 49.3 Å². The van der Waals surface area contributed by atoms with Gasteiger partial charge in [0.1, 0.15) is 5.75 Å². The molecule has 152 valence electrons. The lowest BCUT2D eigenvalue weighted by Gasteiger charge is -2.44. The molecular weight excluding hydrogens is 381 g/mol. The molecule has 2 aliphatic rings. The second kappa shape index (κ2) is 10.6. The van der Waals surface area contributed by atoms with Gasteiger partial charge in [0.15, 0.2) is 0 Å². The maximum atomic E-state index is 5.32. The van der Waals surface area contributed by atoms with E-state index in [2.05, 4.69) is 44.8 Å². The summed E-state index contributed by atoms with van der Waals surface area (Å²) < 4.78 is 7.70. The molecule has 0 radical (unpaired) electrons. The Kier molecular flexibility index (Phi) is 8.74. The average molecular weight is 414 g/mol. The fraction of sp³-hybridized carbons (Fsp3) is 0.619. The third-order valence-electron chi connectivity index (χ3n) is 6.02. The Morgan fingerprint density at radius 3 is 2.70 bits per heavy atom. The first kappa shape index (κ1) is 22.4. The van der Waals surface area contributed by atoms with E-state index in [1.54, 1.807) is 7.11 Å². The van der Waals surface area contributed by atoms with E-state index < -0.39 is 0 Å². The summed E-state index contributed by atoms with van der Waals surface area (Å²) in [6.45, 7) is 7.56. The predicted octanol–water partition coefficient (Wildman–Crippen LogP) is 4.44. The molecular formula is C21H33Cl2N3O. The van der Waals surface area contributed by atoms with Gasteiger partial charge >= 0.3 is 0 Å². The molecule has 2 aromatic rings. The number of aryl methyl sites for hydroxylation is 1. The molecule has 1 atom stereocenters. The second-order valence-corrected chi connectivity index (χ2v) is 7.63. The largest absolute Gasteiger partial charge is 0.497 e. The van der Waals surface area contributed by atoms with Gasteiger partial charge in [-0.3, -0.25) is 4.90 Å². The number of aromatic nitrogens is 1. The molecule has 2 aliphatic heterocycles. The lowest BCUT2D eigenvalue weighted by atomic mass is 9.99. The van der Waals surface area contributed by atoms with Crippen molar-refractivity contribution in [1.82, 2.24) is 14.4 Å². The van der Waals surface area contributed by atoms with E-state index in [1.807, 2.05) is 0 Å². The van der Waals surface area contributed by atoms with Gasteiger partial charge < -0.3 is 14.2 Å². The zero-order valence-corrected chi connectivity index (χ0v) is 17.9. The maximum absolute atomic E-state index is 5.32. The number of halogens is 2. The van der Waals surface area contributed by atoms with E-state index in [0.717, 1.165) is 18.3 Å². The average Bonchev–Trinajstić information content (AvgIpc) is 3.07. The van der Waals surface area contributed by atoms with Crippen LogP contribution in [0.4, 0.5) is 0 Å². The molecule has 0 saturated carbocycles. The highest BCUT2D eigenvalue weighted by molar-refractivity contribution is 5.85. The Hall–Kier alpha value is -0.940. The Balaban J connectivity index is 0.00000131. The molecule has 4 nitrogen and oxygen atoms in total. The van der Waals surface area contributed by atoms with Gasteiger partial charge in [-0.15, -0.1) is 24.8 Å². The van der Waals surface area contributed by atoms with Crippen LogP contribution < -0.4 is 4.74 Å². The zero-order valence-electron chi connectivity index (χ0n) is 16.3. The third-order valence-corrected chi connectivity index (χ3v) is 6.02. The molecule has 27 heavy (non-hydrogen) atoms. The number of benzene rings is 1. The Bertz CT molecular complexity index is 706. The molecule has 0 bridgehead atoms. The van der Waals surface area contributed by atoms with E-state index in [1.165, 1.54) is 75.7 Å². The third kappa shape index (κ3) is 5.32. The number of hydrogen-bond acceptors (Lipinski definition) is 3. The van der Waals surface area contributed by atoms with Crippen molar-refractivity contribution in [3.05, 3.63) is 30.5 Å². The summed E-state index contributed by atoms with van der Waals surface area (Å²) in [5, 5.41) is 1.27.